The molecule has 0 radical (unpaired) electrons. The lowest BCUT2D eigenvalue weighted by Crippen LogP contribution is -2.37. The van der Waals surface area contributed by atoms with Gasteiger partial charge in [0.15, 0.2) is 0 Å². The molecule has 0 fully saturated rings. The number of hydrogen-bond donors (Lipinski definition) is 2. The Bertz CT molecular complexity index is 1040. The topological polar surface area (TPSA) is 84.5 Å². The van der Waals surface area contributed by atoms with E-state index < -0.39 is 10.0 Å². The quantitative estimate of drug-likeness (QED) is 0.537. The maximum Gasteiger partial charge on any atom is 0.264 e. The van der Waals surface area contributed by atoms with Crippen LogP contribution in [0.25, 0.3) is 10.8 Å². The van der Waals surface area contributed by atoms with Crippen LogP contribution in [0.2, 0.25) is 0 Å². The minimum atomic E-state index is -3.76. The number of aryl methyl sites for hydroxylation is 1. The predicted molar refractivity (Wildman–Crippen MR) is 106 cm³/mol. The molecule has 3 N–H and O–H groups in total. The molecule has 3 rings (SSSR count). The Morgan fingerprint density at radius 2 is 1.69 bits per heavy atom. The van der Waals surface area contributed by atoms with Crippen molar-refractivity contribution in [2.45, 2.75) is 18.2 Å². The van der Waals surface area contributed by atoms with Crippen molar-refractivity contribution < 1.29 is 8.42 Å². The SMILES string of the molecule is Cc1ccc(CCN=C(N)NS(=O)(=O)c2ccc3ccccc3c2)cc1. The van der Waals surface area contributed by atoms with Crippen LogP contribution in [0, 0.1) is 6.92 Å². The number of fused-ring (bicyclic) bond motifs is 1. The lowest BCUT2D eigenvalue weighted by Gasteiger charge is -2.08. The number of benzene rings is 3. The van der Waals surface area contributed by atoms with E-state index in [-0.39, 0.29) is 10.9 Å². The fraction of sp³-hybridized carbons (Fsp3) is 0.150. The number of nitrogens with two attached hydrogens (primary N) is 1. The molecule has 0 aromatic heterocycles. The highest BCUT2D eigenvalue weighted by Gasteiger charge is 2.15. The molecule has 3 aromatic carbocycles. The van der Waals surface area contributed by atoms with E-state index >= 15 is 0 Å². The van der Waals surface area contributed by atoms with Crippen molar-refractivity contribution in [3.05, 3.63) is 77.9 Å². The zero-order chi connectivity index (χ0) is 18.6. The summed E-state index contributed by atoms with van der Waals surface area (Å²) in [6.45, 7) is 2.44. The van der Waals surface area contributed by atoms with E-state index in [1.807, 2.05) is 55.5 Å². The van der Waals surface area contributed by atoms with Gasteiger partial charge in [-0.1, -0.05) is 60.2 Å². The number of nitrogens with zero attached hydrogens (tertiary/aromatic N) is 1. The van der Waals surface area contributed by atoms with Crippen molar-refractivity contribution in [2.24, 2.45) is 10.7 Å². The van der Waals surface area contributed by atoms with Gasteiger partial charge >= 0.3 is 0 Å². The van der Waals surface area contributed by atoms with Gasteiger partial charge in [0, 0.05) is 6.54 Å². The van der Waals surface area contributed by atoms with Crippen molar-refractivity contribution in [2.75, 3.05) is 6.54 Å². The maximum atomic E-state index is 12.5. The van der Waals surface area contributed by atoms with E-state index in [0.717, 1.165) is 16.3 Å². The Morgan fingerprint density at radius 1 is 1.00 bits per heavy atom. The minimum Gasteiger partial charge on any atom is -0.369 e. The molecule has 0 aliphatic rings. The second-order valence-electron chi connectivity index (χ2n) is 6.12. The summed E-state index contributed by atoms with van der Waals surface area (Å²) in [6, 6.07) is 20.7. The molecular weight excluding hydrogens is 346 g/mol. The van der Waals surface area contributed by atoms with E-state index in [4.69, 9.17) is 5.73 Å². The molecule has 0 heterocycles. The first-order valence-corrected chi connectivity index (χ1v) is 9.79. The van der Waals surface area contributed by atoms with Crippen molar-refractivity contribution in [1.82, 2.24) is 4.72 Å². The third kappa shape index (κ3) is 4.40. The summed E-state index contributed by atoms with van der Waals surface area (Å²) in [5.41, 5.74) is 8.08. The van der Waals surface area contributed by atoms with Crippen LogP contribution in [0.1, 0.15) is 11.1 Å². The van der Waals surface area contributed by atoms with E-state index in [2.05, 4.69) is 9.71 Å². The molecule has 6 heteroatoms. The van der Waals surface area contributed by atoms with Crippen LogP contribution in [0.5, 0.6) is 0 Å². The lowest BCUT2D eigenvalue weighted by atomic mass is 10.1. The van der Waals surface area contributed by atoms with Crippen LogP contribution in [-0.2, 0) is 16.4 Å². The monoisotopic (exact) mass is 367 g/mol. The molecule has 0 spiro atoms. The van der Waals surface area contributed by atoms with Gasteiger partial charge in [-0.15, -0.1) is 0 Å². The third-order valence-corrected chi connectivity index (χ3v) is 5.43. The van der Waals surface area contributed by atoms with Gasteiger partial charge in [0.1, 0.15) is 0 Å². The second kappa shape index (κ2) is 7.58. The van der Waals surface area contributed by atoms with Crippen molar-refractivity contribution in [3.63, 3.8) is 0 Å². The van der Waals surface area contributed by atoms with Crippen LogP contribution in [0.3, 0.4) is 0 Å². The normalized spacial score (nSPS) is 12.3. The standard InChI is InChI=1S/C20H21N3O2S/c1-15-6-8-16(9-7-15)12-13-22-20(21)23-26(24,25)19-11-10-17-4-2-3-5-18(17)14-19/h2-11,14H,12-13H2,1H3,(H3,21,22,23). The first-order valence-electron chi connectivity index (χ1n) is 8.31. The Morgan fingerprint density at radius 3 is 2.42 bits per heavy atom. The summed E-state index contributed by atoms with van der Waals surface area (Å²) in [7, 11) is -3.76. The number of sulfonamides is 1. The first-order chi connectivity index (χ1) is 12.4. The molecule has 3 aromatic rings. The molecule has 5 nitrogen and oxygen atoms in total. The Balaban J connectivity index is 1.67. The molecule has 0 amide bonds. The molecule has 26 heavy (non-hydrogen) atoms. The van der Waals surface area contributed by atoms with Crippen LogP contribution in [-0.4, -0.2) is 20.9 Å². The van der Waals surface area contributed by atoms with Gasteiger partial charge in [-0.05, 0) is 41.8 Å². The van der Waals surface area contributed by atoms with E-state index in [1.165, 1.54) is 5.56 Å². The van der Waals surface area contributed by atoms with E-state index in [0.29, 0.717) is 13.0 Å². The average molecular weight is 367 g/mol. The van der Waals surface area contributed by atoms with Crippen molar-refractivity contribution >= 4 is 26.8 Å². The zero-order valence-corrected chi connectivity index (χ0v) is 15.3. The Labute approximate surface area is 153 Å². The Hall–Kier alpha value is -2.86. The van der Waals surface area contributed by atoms with Gasteiger partial charge < -0.3 is 5.73 Å². The molecule has 0 aliphatic heterocycles. The fourth-order valence-electron chi connectivity index (χ4n) is 2.62. The van der Waals surface area contributed by atoms with E-state index in [9.17, 15) is 8.42 Å². The van der Waals surface area contributed by atoms with Gasteiger partial charge in [0.25, 0.3) is 10.0 Å². The number of guanidine groups is 1. The van der Waals surface area contributed by atoms with Gasteiger partial charge in [0.05, 0.1) is 4.90 Å². The fourth-order valence-corrected chi connectivity index (χ4v) is 3.61. The summed E-state index contributed by atoms with van der Waals surface area (Å²) < 4.78 is 27.3. The number of rotatable bonds is 5. The number of nitrogens with one attached hydrogen (secondary N) is 1. The molecule has 0 bridgehead atoms. The van der Waals surface area contributed by atoms with Crippen LogP contribution >= 0.6 is 0 Å². The average Bonchev–Trinajstić information content (AvgIpc) is 2.62. The highest BCUT2D eigenvalue weighted by Crippen LogP contribution is 2.18. The summed E-state index contributed by atoms with van der Waals surface area (Å²) in [6.07, 6.45) is 0.693. The summed E-state index contributed by atoms with van der Waals surface area (Å²) in [5.74, 6) is -0.106. The molecule has 0 saturated carbocycles. The zero-order valence-electron chi connectivity index (χ0n) is 14.5. The second-order valence-corrected chi connectivity index (χ2v) is 7.80. The lowest BCUT2D eigenvalue weighted by molar-refractivity contribution is 0.592. The Kier molecular flexibility index (Phi) is 5.23. The molecule has 0 atom stereocenters. The third-order valence-electron chi connectivity index (χ3n) is 4.07. The van der Waals surface area contributed by atoms with Gasteiger partial charge in [-0.2, -0.15) is 0 Å². The summed E-state index contributed by atoms with van der Waals surface area (Å²) in [5, 5.41) is 1.83. The molecule has 134 valence electrons. The van der Waals surface area contributed by atoms with Gasteiger partial charge in [-0.25, -0.2) is 13.1 Å². The smallest absolute Gasteiger partial charge is 0.264 e. The van der Waals surface area contributed by atoms with Gasteiger partial charge in [-0.3, -0.25) is 4.99 Å². The molecule has 0 aliphatic carbocycles. The number of hydrogen-bond acceptors (Lipinski definition) is 3. The summed E-state index contributed by atoms with van der Waals surface area (Å²) in [4.78, 5) is 4.28. The predicted octanol–water partition coefficient (Wildman–Crippen LogP) is 2.98. The van der Waals surface area contributed by atoms with Crippen molar-refractivity contribution in [1.29, 1.82) is 0 Å². The number of aliphatic imine (C=N–C) groups is 1. The highest BCUT2D eigenvalue weighted by atomic mass is 32.2. The van der Waals surface area contributed by atoms with Crippen LogP contribution < -0.4 is 10.5 Å². The highest BCUT2D eigenvalue weighted by molar-refractivity contribution is 7.90. The van der Waals surface area contributed by atoms with Crippen LogP contribution in [0.15, 0.2) is 76.6 Å². The molecule has 0 saturated heterocycles. The van der Waals surface area contributed by atoms with Crippen LogP contribution in [0.4, 0.5) is 0 Å². The van der Waals surface area contributed by atoms with Gasteiger partial charge in [0.2, 0.25) is 5.96 Å². The molecule has 0 unspecified atom stereocenters. The summed E-state index contributed by atoms with van der Waals surface area (Å²) >= 11 is 0. The largest absolute Gasteiger partial charge is 0.369 e. The van der Waals surface area contributed by atoms with Crippen molar-refractivity contribution in [3.8, 4) is 0 Å². The molecular formula is C20H21N3O2S. The van der Waals surface area contributed by atoms with E-state index in [1.54, 1.807) is 18.2 Å². The first kappa shape index (κ1) is 17.9. The maximum absolute atomic E-state index is 12.5. The minimum absolute atomic E-state index is 0.106.